The number of nitrogens with one attached hydrogen (secondary N) is 2. The Balaban J connectivity index is 0. The van der Waals surface area contributed by atoms with Crippen molar-refractivity contribution in [2.45, 2.75) is 20.3 Å². The summed E-state index contributed by atoms with van der Waals surface area (Å²) in [4.78, 5) is 6.44. The highest BCUT2D eigenvalue weighted by molar-refractivity contribution is 14.0. The van der Waals surface area contributed by atoms with Crippen LogP contribution in [0.15, 0.2) is 4.99 Å². The normalized spacial score (nSPS) is 12.2. The Labute approximate surface area is 153 Å². The van der Waals surface area contributed by atoms with Crippen LogP contribution in [-0.2, 0) is 9.47 Å². The molecule has 0 saturated carbocycles. The molecule has 0 unspecified atom stereocenters. The molecule has 0 aliphatic rings. The van der Waals surface area contributed by atoms with Crippen molar-refractivity contribution in [3.63, 3.8) is 0 Å². The van der Waals surface area contributed by atoms with Crippen LogP contribution >= 0.6 is 24.0 Å². The van der Waals surface area contributed by atoms with E-state index in [0.29, 0.717) is 13.2 Å². The number of nitrogens with zero attached hydrogens (tertiary/aromatic N) is 2. The summed E-state index contributed by atoms with van der Waals surface area (Å²) >= 11 is 0. The number of halogens is 1. The molecule has 0 atom stereocenters. The Morgan fingerprint density at radius 1 is 1.14 bits per heavy atom. The number of aliphatic imine (C=N–C) groups is 1. The van der Waals surface area contributed by atoms with E-state index in [4.69, 9.17) is 9.47 Å². The minimum Gasteiger partial charge on any atom is -0.382 e. The maximum absolute atomic E-state index is 5.42. The Morgan fingerprint density at radius 3 is 2.36 bits per heavy atom. The lowest BCUT2D eigenvalue weighted by atomic mass is 9.93. The van der Waals surface area contributed by atoms with Crippen molar-refractivity contribution in [2.75, 3.05) is 67.7 Å². The number of guanidine groups is 1. The highest BCUT2D eigenvalue weighted by atomic mass is 127. The molecule has 0 saturated heterocycles. The van der Waals surface area contributed by atoms with Crippen LogP contribution in [0.1, 0.15) is 20.3 Å². The summed E-state index contributed by atoms with van der Waals surface area (Å²) in [6.07, 6.45) is 0.950. The lowest BCUT2D eigenvalue weighted by Gasteiger charge is -2.29. The molecule has 0 aromatic heterocycles. The van der Waals surface area contributed by atoms with Gasteiger partial charge in [0.25, 0.3) is 0 Å². The third-order valence-corrected chi connectivity index (χ3v) is 2.89. The Bertz CT molecular complexity index is 287. The van der Waals surface area contributed by atoms with Crippen molar-refractivity contribution in [3.8, 4) is 0 Å². The summed E-state index contributed by atoms with van der Waals surface area (Å²) in [5.74, 6) is 0.846. The molecule has 6 nitrogen and oxygen atoms in total. The van der Waals surface area contributed by atoms with E-state index in [1.54, 1.807) is 14.2 Å². The third-order valence-electron chi connectivity index (χ3n) is 2.89. The highest BCUT2D eigenvalue weighted by Gasteiger charge is 2.19. The summed E-state index contributed by atoms with van der Waals surface area (Å²) < 4.78 is 10.3. The maximum atomic E-state index is 5.42. The molecule has 0 rings (SSSR count). The van der Waals surface area contributed by atoms with E-state index < -0.39 is 0 Å². The smallest absolute Gasteiger partial charge is 0.190 e. The van der Waals surface area contributed by atoms with Gasteiger partial charge in [0.2, 0.25) is 0 Å². The van der Waals surface area contributed by atoms with E-state index in [1.165, 1.54) is 0 Å². The number of hydrogen-bond acceptors (Lipinski definition) is 4. The lowest BCUT2D eigenvalue weighted by molar-refractivity contribution is 0.0698. The van der Waals surface area contributed by atoms with Crippen molar-refractivity contribution in [2.24, 2.45) is 10.4 Å². The fourth-order valence-electron chi connectivity index (χ4n) is 2.08. The molecule has 134 valence electrons. The number of hydrogen-bond donors (Lipinski definition) is 2. The molecule has 7 heteroatoms. The molecule has 0 bridgehead atoms. The van der Waals surface area contributed by atoms with E-state index in [0.717, 1.165) is 38.6 Å². The van der Waals surface area contributed by atoms with Gasteiger partial charge in [0, 0.05) is 40.4 Å². The van der Waals surface area contributed by atoms with Gasteiger partial charge in [0.05, 0.1) is 13.2 Å². The van der Waals surface area contributed by atoms with Gasteiger partial charge in [-0.05, 0) is 25.9 Å². The highest BCUT2D eigenvalue weighted by Crippen LogP contribution is 2.13. The Hall–Kier alpha value is -0.120. The summed E-state index contributed by atoms with van der Waals surface area (Å²) in [6.45, 7) is 9.30. The first-order valence-electron chi connectivity index (χ1n) is 7.57. The SMILES string of the molecule is CN=C(NCCCOCCOC)NCC(C)(C)CN(C)C.I. The zero-order chi connectivity index (χ0) is 16.1. The van der Waals surface area contributed by atoms with Gasteiger partial charge in [-0.2, -0.15) is 0 Å². The van der Waals surface area contributed by atoms with Gasteiger partial charge >= 0.3 is 0 Å². The predicted molar refractivity (Wildman–Crippen MR) is 104 cm³/mol. The molecule has 0 aromatic carbocycles. The summed E-state index contributed by atoms with van der Waals surface area (Å²) in [5, 5.41) is 6.68. The molecular weight excluding hydrogens is 395 g/mol. The van der Waals surface area contributed by atoms with E-state index >= 15 is 0 Å². The van der Waals surface area contributed by atoms with E-state index in [-0.39, 0.29) is 29.4 Å². The summed E-state index contributed by atoms with van der Waals surface area (Å²) in [7, 11) is 7.67. The van der Waals surface area contributed by atoms with Crippen LogP contribution in [0.5, 0.6) is 0 Å². The van der Waals surface area contributed by atoms with Gasteiger partial charge in [-0.1, -0.05) is 13.8 Å². The van der Waals surface area contributed by atoms with Crippen molar-refractivity contribution in [1.82, 2.24) is 15.5 Å². The minimum absolute atomic E-state index is 0. The Kier molecular flexibility index (Phi) is 15.9. The van der Waals surface area contributed by atoms with Crippen molar-refractivity contribution >= 4 is 29.9 Å². The molecule has 0 amide bonds. The van der Waals surface area contributed by atoms with E-state index in [1.807, 2.05) is 0 Å². The van der Waals surface area contributed by atoms with Gasteiger partial charge in [0.1, 0.15) is 0 Å². The van der Waals surface area contributed by atoms with Crippen LogP contribution in [0.3, 0.4) is 0 Å². The molecule has 0 aromatic rings. The van der Waals surface area contributed by atoms with E-state index in [9.17, 15) is 0 Å². The van der Waals surface area contributed by atoms with Gasteiger partial charge in [-0.15, -0.1) is 24.0 Å². The number of rotatable bonds is 11. The molecule has 2 N–H and O–H groups in total. The van der Waals surface area contributed by atoms with Crippen LogP contribution < -0.4 is 10.6 Å². The second-order valence-electron chi connectivity index (χ2n) is 6.21. The van der Waals surface area contributed by atoms with Crippen LogP contribution in [-0.4, -0.2) is 78.6 Å². The van der Waals surface area contributed by atoms with Gasteiger partial charge < -0.3 is 25.0 Å². The quantitative estimate of drug-likeness (QED) is 0.225. The van der Waals surface area contributed by atoms with Crippen LogP contribution in [0.25, 0.3) is 0 Å². The second-order valence-corrected chi connectivity index (χ2v) is 6.21. The third kappa shape index (κ3) is 14.8. The molecule has 0 heterocycles. The molecule has 0 spiro atoms. The molecule has 22 heavy (non-hydrogen) atoms. The maximum Gasteiger partial charge on any atom is 0.190 e. The average Bonchev–Trinajstić information content (AvgIpc) is 2.39. The topological polar surface area (TPSA) is 58.1 Å². The van der Waals surface area contributed by atoms with Crippen LogP contribution in [0, 0.1) is 5.41 Å². The van der Waals surface area contributed by atoms with Crippen molar-refractivity contribution in [1.29, 1.82) is 0 Å². The zero-order valence-corrected chi connectivity index (χ0v) is 17.4. The number of methoxy groups -OCH3 is 1. The summed E-state index contributed by atoms with van der Waals surface area (Å²) in [6, 6.07) is 0. The van der Waals surface area contributed by atoms with Crippen molar-refractivity contribution in [3.05, 3.63) is 0 Å². The largest absolute Gasteiger partial charge is 0.382 e. The number of ether oxygens (including phenoxy) is 2. The monoisotopic (exact) mass is 430 g/mol. The first kappa shape index (κ1) is 24.1. The second kappa shape index (κ2) is 14.5. The Morgan fingerprint density at radius 2 is 1.82 bits per heavy atom. The zero-order valence-electron chi connectivity index (χ0n) is 15.1. The van der Waals surface area contributed by atoms with Gasteiger partial charge in [0.15, 0.2) is 5.96 Å². The van der Waals surface area contributed by atoms with Crippen LogP contribution in [0.4, 0.5) is 0 Å². The molecule has 0 aliphatic carbocycles. The summed E-state index contributed by atoms with van der Waals surface area (Å²) in [5.41, 5.74) is 0.199. The fourth-order valence-corrected chi connectivity index (χ4v) is 2.08. The molecule has 0 radical (unpaired) electrons. The molecule has 0 fully saturated rings. The minimum atomic E-state index is 0. The molecule has 0 aliphatic heterocycles. The molecular formula is C15H35IN4O2. The lowest BCUT2D eigenvalue weighted by Crippen LogP contribution is -2.45. The van der Waals surface area contributed by atoms with Gasteiger partial charge in [-0.3, -0.25) is 4.99 Å². The first-order chi connectivity index (χ1) is 9.91. The van der Waals surface area contributed by atoms with Crippen LogP contribution in [0.2, 0.25) is 0 Å². The average molecular weight is 430 g/mol. The fraction of sp³-hybridized carbons (Fsp3) is 0.933. The standard InChI is InChI=1S/C15H34N4O2.HI/c1-15(2,13-19(4)5)12-18-14(16-3)17-8-7-9-21-11-10-20-6;/h7-13H2,1-6H3,(H2,16,17,18);1H. The first-order valence-corrected chi connectivity index (χ1v) is 7.57. The van der Waals surface area contributed by atoms with Crippen molar-refractivity contribution < 1.29 is 9.47 Å². The van der Waals surface area contributed by atoms with Gasteiger partial charge in [-0.25, -0.2) is 0 Å². The van der Waals surface area contributed by atoms with E-state index in [2.05, 4.69) is 48.5 Å². The predicted octanol–water partition coefficient (Wildman–Crippen LogP) is 1.41.